The molecule has 4 heteroatoms. The van der Waals surface area contributed by atoms with Crippen molar-refractivity contribution in [2.75, 3.05) is 18.0 Å². The Morgan fingerprint density at radius 2 is 1.78 bits per heavy atom. The fourth-order valence-electron chi connectivity index (χ4n) is 3.32. The molecule has 1 aliphatic heterocycles. The topological polar surface area (TPSA) is 46.1 Å². The molecule has 0 radical (unpaired) electrons. The highest BCUT2D eigenvalue weighted by Crippen LogP contribution is 2.32. The number of carbonyl (C=O) groups excluding carboxylic acids is 1. The number of Topliss-reactive ketones (excluding diaryl/α,β-unsaturated/α-hetero) is 1. The maximum Gasteiger partial charge on any atom is 0.225 e. The molecule has 2 aliphatic rings. The van der Waals surface area contributed by atoms with Crippen molar-refractivity contribution >= 4 is 11.7 Å². The quantitative estimate of drug-likeness (QED) is 0.739. The van der Waals surface area contributed by atoms with Crippen LogP contribution >= 0.6 is 0 Å². The number of hydrogen-bond donors (Lipinski definition) is 0. The number of rotatable bonds is 6. The maximum absolute atomic E-state index is 11.9. The minimum absolute atomic E-state index is 0.369. The van der Waals surface area contributed by atoms with E-state index in [0.29, 0.717) is 24.0 Å². The van der Waals surface area contributed by atoms with E-state index in [4.69, 9.17) is 0 Å². The van der Waals surface area contributed by atoms with Gasteiger partial charge in [-0.2, -0.15) is 0 Å². The highest BCUT2D eigenvalue weighted by atomic mass is 16.1. The Labute approximate surface area is 161 Å². The molecule has 0 bridgehead atoms. The number of benzene rings is 1. The first-order chi connectivity index (χ1) is 13.2. The van der Waals surface area contributed by atoms with E-state index in [2.05, 4.69) is 45.8 Å². The second-order valence-corrected chi connectivity index (χ2v) is 7.81. The third kappa shape index (κ3) is 4.74. The molecule has 2 heterocycles. The number of nitrogens with zero attached hydrogens (tertiary/aromatic N) is 3. The molecule has 4 nitrogen and oxygen atoms in total. The average Bonchev–Trinajstić information content (AvgIpc) is 3.46. The van der Waals surface area contributed by atoms with Gasteiger partial charge in [-0.3, -0.25) is 4.79 Å². The number of anilines is 1. The van der Waals surface area contributed by atoms with Gasteiger partial charge in [0.05, 0.1) is 5.56 Å². The van der Waals surface area contributed by atoms with Gasteiger partial charge >= 0.3 is 0 Å². The molecule has 138 valence electrons. The van der Waals surface area contributed by atoms with Crippen LogP contribution in [0, 0.1) is 23.7 Å². The number of aromatic nitrogens is 2. The predicted molar refractivity (Wildman–Crippen MR) is 107 cm³/mol. The van der Waals surface area contributed by atoms with Gasteiger partial charge in [-0.05, 0) is 49.3 Å². The van der Waals surface area contributed by atoms with Gasteiger partial charge in [0.1, 0.15) is 5.78 Å². The van der Waals surface area contributed by atoms with E-state index in [1.54, 1.807) is 12.4 Å². The van der Waals surface area contributed by atoms with Crippen LogP contribution in [0.2, 0.25) is 0 Å². The minimum atomic E-state index is 0.369. The Balaban J connectivity index is 1.32. The zero-order chi connectivity index (χ0) is 18.6. The molecular formula is C23H25N3O. The Bertz CT molecular complexity index is 853. The van der Waals surface area contributed by atoms with Crippen molar-refractivity contribution in [1.82, 2.24) is 9.97 Å². The lowest BCUT2D eigenvalue weighted by Gasteiger charge is -2.30. The number of carbonyl (C=O) groups is 1. The molecule has 0 spiro atoms. The fourth-order valence-corrected chi connectivity index (χ4v) is 3.32. The van der Waals surface area contributed by atoms with E-state index in [1.165, 1.54) is 12.0 Å². The minimum Gasteiger partial charge on any atom is -0.341 e. The van der Waals surface area contributed by atoms with Crippen LogP contribution in [-0.4, -0.2) is 28.8 Å². The Kier molecular flexibility index (Phi) is 5.20. The van der Waals surface area contributed by atoms with Gasteiger partial charge in [0.15, 0.2) is 0 Å². The average molecular weight is 359 g/mol. The Morgan fingerprint density at radius 3 is 2.37 bits per heavy atom. The highest BCUT2D eigenvalue weighted by molar-refractivity contribution is 5.83. The van der Waals surface area contributed by atoms with Gasteiger partial charge in [-0.1, -0.05) is 30.9 Å². The van der Waals surface area contributed by atoms with Crippen LogP contribution in [0.25, 0.3) is 0 Å². The zero-order valence-electron chi connectivity index (χ0n) is 15.8. The van der Waals surface area contributed by atoms with Crippen molar-refractivity contribution in [1.29, 1.82) is 0 Å². The summed E-state index contributed by atoms with van der Waals surface area (Å²) in [6.07, 6.45) is 8.66. The third-order valence-corrected chi connectivity index (χ3v) is 5.25. The Morgan fingerprint density at radius 1 is 1.11 bits per heavy atom. The molecule has 27 heavy (non-hydrogen) atoms. The van der Waals surface area contributed by atoms with Crippen LogP contribution in [0.3, 0.4) is 0 Å². The summed E-state index contributed by atoms with van der Waals surface area (Å²) in [7, 11) is 0. The maximum atomic E-state index is 11.9. The summed E-state index contributed by atoms with van der Waals surface area (Å²) >= 11 is 0. The van der Waals surface area contributed by atoms with Gasteiger partial charge in [0.25, 0.3) is 0 Å². The highest BCUT2D eigenvalue weighted by Gasteiger charge is 2.29. The monoisotopic (exact) mass is 359 g/mol. The van der Waals surface area contributed by atoms with Gasteiger partial charge in [0.2, 0.25) is 5.95 Å². The molecule has 1 aliphatic carbocycles. The first-order valence-electron chi connectivity index (χ1n) is 9.88. The smallest absolute Gasteiger partial charge is 0.225 e. The largest absolute Gasteiger partial charge is 0.341 e. The lowest BCUT2D eigenvalue weighted by molar-refractivity contribution is -0.121. The van der Waals surface area contributed by atoms with Crippen molar-refractivity contribution in [3.8, 4) is 11.8 Å². The lowest BCUT2D eigenvalue weighted by atomic mass is 9.94. The van der Waals surface area contributed by atoms with E-state index in [1.807, 2.05) is 12.1 Å². The number of ketones is 1. The molecule has 2 fully saturated rings. The molecule has 4 rings (SSSR count). The summed E-state index contributed by atoms with van der Waals surface area (Å²) in [5.41, 5.74) is 3.07. The van der Waals surface area contributed by atoms with Gasteiger partial charge < -0.3 is 4.90 Å². The van der Waals surface area contributed by atoms with E-state index >= 15 is 0 Å². The van der Waals surface area contributed by atoms with Crippen molar-refractivity contribution in [3.05, 3.63) is 53.3 Å². The van der Waals surface area contributed by atoms with Crippen molar-refractivity contribution in [2.45, 2.75) is 39.0 Å². The van der Waals surface area contributed by atoms with E-state index < -0.39 is 0 Å². The van der Waals surface area contributed by atoms with Crippen LogP contribution < -0.4 is 4.90 Å². The molecule has 1 saturated heterocycles. The SMILES string of the molecule is CC(CC(=O)C1CC1)Cc1ccc(C#Cc2cnc(N3CCC3)nc2)cc1. The normalized spacial score (nSPS) is 16.9. The second kappa shape index (κ2) is 7.92. The lowest BCUT2D eigenvalue weighted by Crippen LogP contribution is -2.38. The molecular weight excluding hydrogens is 334 g/mol. The molecule has 1 aromatic heterocycles. The summed E-state index contributed by atoms with van der Waals surface area (Å²) in [5, 5.41) is 0. The third-order valence-electron chi connectivity index (χ3n) is 5.25. The summed E-state index contributed by atoms with van der Waals surface area (Å²) in [6, 6.07) is 8.33. The fraction of sp³-hybridized carbons (Fsp3) is 0.435. The van der Waals surface area contributed by atoms with Gasteiger partial charge in [-0.25, -0.2) is 9.97 Å². The van der Waals surface area contributed by atoms with Crippen LogP contribution in [0.15, 0.2) is 36.7 Å². The van der Waals surface area contributed by atoms with Crippen molar-refractivity contribution < 1.29 is 4.79 Å². The summed E-state index contributed by atoms with van der Waals surface area (Å²) in [5.74, 6) is 8.32. The molecule has 1 unspecified atom stereocenters. The van der Waals surface area contributed by atoms with E-state index in [-0.39, 0.29) is 0 Å². The van der Waals surface area contributed by atoms with Crippen LogP contribution in [-0.2, 0) is 11.2 Å². The summed E-state index contributed by atoms with van der Waals surface area (Å²) < 4.78 is 0. The molecule has 1 saturated carbocycles. The molecule has 1 atom stereocenters. The van der Waals surface area contributed by atoms with Crippen LogP contribution in [0.5, 0.6) is 0 Å². The van der Waals surface area contributed by atoms with Crippen LogP contribution in [0.1, 0.15) is 49.3 Å². The number of hydrogen-bond acceptors (Lipinski definition) is 4. The van der Waals surface area contributed by atoms with Crippen LogP contribution in [0.4, 0.5) is 5.95 Å². The first-order valence-corrected chi connectivity index (χ1v) is 9.88. The predicted octanol–water partition coefficient (Wildman–Crippen LogP) is 3.63. The van der Waals surface area contributed by atoms with E-state index in [0.717, 1.165) is 49.4 Å². The Hall–Kier alpha value is -2.67. The molecule has 1 aromatic carbocycles. The second-order valence-electron chi connectivity index (χ2n) is 7.81. The molecule has 2 aromatic rings. The van der Waals surface area contributed by atoms with Crippen molar-refractivity contribution in [3.63, 3.8) is 0 Å². The summed E-state index contributed by atoms with van der Waals surface area (Å²) in [6.45, 7) is 4.26. The van der Waals surface area contributed by atoms with E-state index in [9.17, 15) is 4.79 Å². The standard InChI is InChI=1S/C23H25N3O/c1-17(14-22(27)21-9-10-21)13-19-6-3-18(4-7-19)5-8-20-15-24-23(25-16-20)26-11-2-12-26/h3-4,6-7,15-17,21H,2,9-14H2,1H3. The van der Waals surface area contributed by atoms with Crippen molar-refractivity contribution in [2.24, 2.45) is 11.8 Å². The van der Waals surface area contributed by atoms with Gasteiger partial charge in [-0.15, -0.1) is 0 Å². The summed E-state index contributed by atoms with van der Waals surface area (Å²) in [4.78, 5) is 22.9. The molecule has 0 N–H and O–H groups in total. The van der Waals surface area contributed by atoms with Gasteiger partial charge in [0, 0.05) is 43.4 Å². The first kappa shape index (κ1) is 17.7. The zero-order valence-corrected chi connectivity index (χ0v) is 15.8. The molecule has 0 amide bonds.